The van der Waals surface area contributed by atoms with Gasteiger partial charge in [-0.1, -0.05) is 0 Å². The third kappa shape index (κ3) is 18.2. The first-order chi connectivity index (χ1) is 14.9. The summed E-state index contributed by atoms with van der Waals surface area (Å²) in [6, 6.07) is 0. The molecule has 33 heavy (non-hydrogen) atoms. The first-order valence-electron chi connectivity index (χ1n) is 10.5. The Bertz CT molecular complexity index is 703. The molecule has 12 heteroatoms. The molecule has 12 nitrogen and oxygen atoms in total. The van der Waals surface area contributed by atoms with Crippen molar-refractivity contribution >= 4 is 30.7 Å². The van der Waals surface area contributed by atoms with Crippen molar-refractivity contribution in [3.05, 3.63) is 0 Å². The second-order valence-corrected chi connectivity index (χ2v) is 10.0. The van der Waals surface area contributed by atoms with Gasteiger partial charge in [0.05, 0.1) is 0 Å². The molecule has 0 spiro atoms. The molecule has 0 aliphatic carbocycles. The van der Waals surface area contributed by atoms with E-state index in [-0.39, 0.29) is 25.4 Å². The van der Waals surface area contributed by atoms with E-state index >= 15 is 0 Å². The minimum absolute atomic E-state index is 0.175. The van der Waals surface area contributed by atoms with Gasteiger partial charge in [0.1, 0.15) is 16.8 Å². The van der Waals surface area contributed by atoms with E-state index in [1.165, 1.54) is 0 Å². The van der Waals surface area contributed by atoms with Crippen molar-refractivity contribution in [3.63, 3.8) is 0 Å². The standard InChI is InChI=1S/C21H38N4O8/c1-19(2,3)31-16(27)23-14(30-13-26)11-10-12-22-15(24-17(28)32-20(4,5)6)25-18(29)33-21(7,8)9/h13-14H,10-12H2,1-9H3,(H,23,27)(H2,22,24,25,28,29). The molecular formula is C21H38N4O8. The molecule has 3 amide bonds. The van der Waals surface area contributed by atoms with Crippen LogP contribution in [0.5, 0.6) is 0 Å². The second-order valence-electron chi connectivity index (χ2n) is 10.0. The minimum Gasteiger partial charge on any atom is -0.444 e. The van der Waals surface area contributed by atoms with Gasteiger partial charge in [-0.15, -0.1) is 4.99 Å². The van der Waals surface area contributed by atoms with Crippen molar-refractivity contribution in [3.8, 4) is 0 Å². The molecule has 0 fully saturated rings. The van der Waals surface area contributed by atoms with Gasteiger partial charge in [-0.25, -0.2) is 14.4 Å². The van der Waals surface area contributed by atoms with Gasteiger partial charge >= 0.3 is 18.3 Å². The van der Waals surface area contributed by atoms with E-state index < -0.39 is 41.3 Å². The molecule has 1 unspecified atom stereocenters. The summed E-state index contributed by atoms with van der Waals surface area (Å²) in [5.74, 6) is -0.175. The molecule has 0 saturated carbocycles. The topological polar surface area (TPSA) is 154 Å². The van der Waals surface area contributed by atoms with E-state index in [2.05, 4.69) is 20.9 Å². The van der Waals surface area contributed by atoms with Crippen LogP contribution in [0.25, 0.3) is 0 Å². The fourth-order valence-electron chi connectivity index (χ4n) is 2.06. The Labute approximate surface area is 195 Å². The molecule has 0 aromatic rings. The van der Waals surface area contributed by atoms with Crippen molar-refractivity contribution in [1.29, 1.82) is 0 Å². The van der Waals surface area contributed by atoms with Crippen LogP contribution in [0.4, 0.5) is 14.4 Å². The number of amides is 3. The number of hydrogen-bond donors (Lipinski definition) is 3. The Kier molecular flexibility index (Phi) is 11.7. The van der Waals surface area contributed by atoms with Crippen LogP contribution in [0.15, 0.2) is 4.99 Å². The number of aliphatic imine (C=N–C) groups is 1. The number of nitrogens with zero attached hydrogens (tertiary/aromatic N) is 1. The van der Waals surface area contributed by atoms with Crippen LogP contribution in [0, 0.1) is 0 Å². The molecule has 1 atom stereocenters. The maximum absolute atomic E-state index is 12.1. The summed E-state index contributed by atoms with van der Waals surface area (Å²) >= 11 is 0. The first kappa shape index (κ1) is 29.9. The van der Waals surface area contributed by atoms with Crippen molar-refractivity contribution in [2.24, 2.45) is 4.99 Å². The predicted molar refractivity (Wildman–Crippen MR) is 121 cm³/mol. The van der Waals surface area contributed by atoms with Gasteiger partial charge in [0.15, 0.2) is 6.23 Å². The SMILES string of the molecule is CC(C)(C)OC(=O)/N=C(\NCCCC(NC(=O)OC(C)(C)C)OC=O)NC(=O)OC(C)(C)C. The molecule has 3 N–H and O–H groups in total. The van der Waals surface area contributed by atoms with Gasteiger partial charge < -0.3 is 24.3 Å². The van der Waals surface area contributed by atoms with Crippen LogP contribution in [-0.2, 0) is 23.7 Å². The lowest BCUT2D eigenvalue weighted by Gasteiger charge is -2.23. The smallest absolute Gasteiger partial charge is 0.437 e. The summed E-state index contributed by atoms with van der Waals surface area (Å²) in [6.45, 7) is 15.6. The highest BCUT2D eigenvalue weighted by Crippen LogP contribution is 2.09. The normalized spacial score (nSPS) is 13.3. The Morgan fingerprint density at radius 2 is 1.36 bits per heavy atom. The summed E-state index contributed by atoms with van der Waals surface area (Å²) in [6.07, 6.45) is -2.81. The molecule has 0 rings (SSSR count). The summed E-state index contributed by atoms with van der Waals surface area (Å²) in [5.41, 5.74) is -2.24. The lowest BCUT2D eigenvalue weighted by atomic mass is 10.2. The lowest BCUT2D eigenvalue weighted by molar-refractivity contribution is -0.135. The maximum Gasteiger partial charge on any atom is 0.437 e. The summed E-state index contributed by atoms with van der Waals surface area (Å²) in [4.78, 5) is 50.4. The molecule has 0 heterocycles. The van der Waals surface area contributed by atoms with Gasteiger partial charge in [0, 0.05) is 13.0 Å². The predicted octanol–water partition coefficient (Wildman–Crippen LogP) is 3.20. The zero-order valence-corrected chi connectivity index (χ0v) is 21.0. The van der Waals surface area contributed by atoms with Gasteiger partial charge in [-0.05, 0) is 68.7 Å². The number of guanidine groups is 1. The Morgan fingerprint density at radius 1 is 0.848 bits per heavy atom. The highest BCUT2D eigenvalue weighted by Gasteiger charge is 2.22. The van der Waals surface area contributed by atoms with E-state index in [9.17, 15) is 19.2 Å². The maximum atomic E-state index is 12.1. The number of hydrogen-bond acceptors (Lipinski definition) is 8. The largest absolute Gasteiger partial charge is 0.444 e. The van der Waals surface area contributed by atoms with Crippen LogP contribution in [0.2, 0.25) is 0 Å². The monoisotopic (exact) mass is 474 g/mol. The minimum atomic E-state index is -0.927. The Hall–Kier alpha value is -3.05. The molecule has 0 saturated heterocycles. The van der Waals surface area contributed by atoms with Crippen LogP contribution >= 0.6 is 0 Å². The van der Waals surface area contributed by atoms with E-state index in [1.54, 1.807) is 62.3 Å². The van der Waals surface area contributed by atoms with Gasteiger partial charge in [0.2, 0.25) is 5.96 Å². The molecule has 0 bridgehead atoms. The van der Waals surface area contributed by atoms with Crippen molar-refractivity contribution in [2.75, 3.05) is 6.54 Å². The van der Waals surface area contributed by atoms with Crippen LogP contribution in [0.1, 0.15) is 75.2 Å². The van der Waals surface area contributed by atoms with E-state index in [1.807, 2.05) is 0 Å². The number of carbonyl (C=O) groups excluding carboxylic acids is 4. The van der Waals surface area contributed by atoms with E-state index in [0.29, 0.717) is 6.42 Å². The fraction of sp³-hybridized carbons (Fsp3) is 0.762. The highest BCUT2D eigenvalue weighted by molar-refractivity contribution is 5.98. The van der Waals surface area contributed by atoms with Crippen molar-refractivity contribution in [2.45, 2.75) is 98.2 Å². The summed E-state index contributed by atoms with van der Waals surface area (Å²) in [7, 11) is 0. The molecule has 0 aliphatic rings. The first-order valence-corrected chi connectivity index (χ1v) is 10.5. The van der Waals surface area contributed by atoms with E-state index in [0.717, 1.165) is 0 Å². The zero-order valence-electron chi connectivity index (χ0n) is 21.0. The molecule has 0 aliphatic heterocycles. The Balaban J connectivity index is 5.00. The third-order valence-corrected chi connectivity index (χ3v) is 3.05. The molecule has 0 radical (unpaired) electrons. The quantitative estimate of drug-likeness (QED) is 0.126. The summed E-state index contributed by atoms with van der Waals surface area (Å²) in [5, 5.41) is 7.59. The zero-order chi connectivity index (χ0) is 25.9. The van der Waals surface area contributed by atoms with Crippen molar-refractivity contribution in [1.82, 2.24) is 16.0 Å². The van der Waals surface area contributed by atoms with Crippen molar-refractivity contribution < 1.29 is 38.1 Å². The van der Waals surface area contributed by atoms with Gasteiger partial charge in [-0.3, -0.25) is 15.4 Å². The third-order valence-electron chi connectivity index (χ3n) is 3.05. The molecular weight excluding hydrogens is 436 g/mol. The molecule has 0 aromatic carbocycles. The molecule has 190 valence electrons. The van der Waals surface area contributed by atoms with E-state index in [4.69, 9.17) is 18.9 Å². The Morgan fingerprint density at radius 3 is 1.85 bits per heavy atom. The number of carbonyl (C=O) groups is 4. The fourth-order valence-corrected chi connectivity index (χ4v) is 2.06. The van der Waals surface area contributed by atoms with Crippen LogP contribution in [0.3, 0.4) is 0 Å². The van der Waals surface area contributed by atoms with Gasteiger partial charge in [0.25, 0.3) is 6.47 Å². The number of nitrogens with one attached hydrogen (secondary N) is 3. The highest BCUT2D eigenvalue weighted by atomic mass is 16.6. The van der Waals surface area contributed by atoms with Crippen LogP contribution in [-0.4, -0.2) is 60.3 Å². The lowest BCUT2D eigenvalue weighted by Crippen LogP contribution is -2.45. The number of ether oxygens (including phenoxy) is 4. The second kappa shape index (κ2) is 12.9. The molecule has 0 aromatic heterocycles. The average Bonchev–Trinajstić information content (AvgIpc) is 2.53. The van der Waals surface area contributed by atoms with Gasteiger partial charge in [-0.2, -0.15) is 0 Å². The number of alkyl carbamates (subject to hydrolysis) is 2. The summed E-state index contributed by atoms with van der Waals surface area (Å²) < 4.78 is 20.3. The van der Waals surface area contributed by atoms with Crippen LogP contribution < -0.4 is 16.0 Å². The average molecular weight is 475 g/mol. The number of rotatable bonds is 7.